The highest BCUT2D eigenvalue weighted by atomic mass is 16.5. The lowest BCUT2D eigenvalue weighted by molar-refractivity contribution is -0.149. The second kappa shape index (κ2) is 6.57. The average molecular weight is 282 g/mol. The predicted molar refractivity (Wildman–Crippen MR) is 75.9 cm³/mol. The van der Waals surface area contributed by atoms with Crippen LogP contribution in [0.15, 0.2) is 0 Å². The highest BCUT2D eigenvalue weighted by Gasteiger charge is 2.43. The summed E-state index contributed by atoms with van der Waals surface area (Å²) in [4.78, 5) is 23.9. The van der Waals surface area contributed by atoms with Crippen LogP contribution in [-0.2, 0) is 14.3 Å². The first-order chi connectivity index (χ1) is 9.61. The molecule has 5 heteroatoms. The van der Waals surface area contributed by atoms with Crippen molar-refractivity contribution in [1.29, 1.82) is 0 Å². The number of esters is 1. The Kier molecular flexibility index (Phi) is 5.02. The molecule has 0 saturated heterocycles. The molecule has 0 heterocycles. The molecule has 3 N–H and O–H groups in total. The first-order valence-electron chi connectivity index (χ1n) is 7.79. The van der Waals surface area contributed by atoms with Crippen molar-refractivity contribution < 1.29 is 14.3 Å². The van der Waals surface area contributed by atoms with Gasteiger partial charge in [-0.1, -0.05) is 6.42 Å². The molecule has 0 radical (unpaired) electrons. The van der Waals surface area contributed by atoms with Gasteiger partial charge in [-0.15, -0.1) is 0 Å². The van der Waals surface area contributed by atoms with Crippen molar-refractivity contribution in [3.63, 3.8) is 0 Å². The van der Waals surface area contributed by atoms with Crippen LogP contribution in [0.25, 0.3) is 0 Å². The summed E-state index contributed by atoms with van der Waals surface area (Å²) in [5.41, 5.74) is 5.44. The normalized spacial score (nSPS) is 28.3. The molecule has 114 valence electrons. The van der Waals surface area contributed by atoms with Crippen LogP contribution in [-0.4, -0.2) is 31.1 Å². The van der Waals surface area contributed by atoms with Crippen LogP contribution in [0.1, 0.15) is 51.9 Å². The van der Waals surface area contributed by atoms with Gasteiger partial charge in [0.1, 0.15) is 0 Å². The maximum Gasteiger partial charge on any atom is 0.308 e. The molecule has 0 unspecified atom stereocenters. The number of carbonyl (C=O) groups excluding carboxylic acids is 2. The first kappa shape index (κ1) is 15.3. The Morgan fingerprint density at radius 1 is 1.25 bits per heavy atom. The minimum absolute atomic E-state index is 0.00951. The van der Waals surface area contributed by atoms with Crippen LogP contribution >= 0.6 is 0 Å². The average Bonchev–Trinajstić information content (AvgIpc) is 2.39. The van der Waals surface area contributed by atoms with Gasteiger partial charge in [-0.3, -0.25) is 9.59 Å². The molecular weight excluding hydrogens is 256 g/mol. The van der Waals surface area contributed by atoms with Gasteiger partial charge >= 0.3 is 5.97 Å². The third kappa shape index (κ3) is 3.14. The summed E-state index contributed by atoms with van der Waals surface area (Å²) in [6, 6.07) is 0.192. The zero-order valence-electron chi connectivity index (χ0n) is 12.3. The zero-order chi connectivity index (χ0) is 14.6. The van der Waals surface area contributed by atoms with Gasteiger partial charge in [0.05, 0.1) is 17.9 Å². The molecular formula is C15H26N2O3. The van der Waals surface area contributed by atoms with E-state index in [1.807, 2.05) is 6.92 Å². The van der Waals surface area contributed by atoms with Crippen LogP contribution in [0.5, 0.6) is 0 Å². The Labute approximate surface area is 120 Å². The van der Waals surface area contributed by atoms with E-state index in [4.69, 9.17) is 10.5 Å². The standard InChI is InChI=1S/C15H26N2O3/c1-2-20-13(18)11-4-6-12(7-5-11)17-14(19)15(10-16)8-3-9-15/h11-12H,2-10,16H2,1H3,(H,17,19). The lowest BCUT2D eigenvalue weighted by Crippen LogP contribution is -2.53. The van der Waals surface area contributed by atoms with Gasteiger partial charge in [0.25, 0.3) is 0 Å². The van der Waals surface area contributed by atoms with Crippen LogP contribution < -0.4 is 11.1 Å². The van der Waals surface area contributed by atoms with Gasteiger partial charge in [-0.05, 0) is 45.4 Å². The molecule has 20 heavy (non-hydrogen) atoms. The van der Waals surface area contributed by atoms with Gasteiger partial charge in [0.2, 0.25) is 5.91 Å². The van der Waals surface area contributed by atoms with E-state index in [1.54, 1.807) is 0 Å². The monoisotopic (exact) mass is 282 g/mol. The lowest BCUT2D eigenvalue weighted by atomic mass is 9.68. The fourth-order valence-corrected chi connectivity index (χ4v) is 3.20. The first-order valence-corrected chi connectivity index (χ1v) is 7.79. The third-order valence-corrected chi connectivity index (χ3v) is 4.87. The van der Waals surface area contributed by atoms with Gasteiger partial charge < -0.3 is 15.8 Å². The smallest absolute Gasteiger partial charge is 0.308 e. The van der Waals surface area contributed by atoms with Crippen LogP contribution in [0.3, 0.4) is 0 Å². The van der Waals surface area contributed by atoms with Crippen molar-refractivity contribution in [3.05, 3.63) is 0 Å². The molecule has 2 aliphatic rings. The van der Waals surface area contributed by atoms with Crippen LogP contribution in [0.4, 0.5) is 0 Å². The summed E-state index contributed by atoms with van der Waals surface area (Å²) in [6.07, 6.45) is 6.24. The van der Waals surface area contributed by atoms with Crippen molar-refractivity contribution in [2.45, 2.75) is 57.9 Å². The van der Waals surface area contributed by atoms with Crippen molar-refractivity contribution in [1.82, 2.24) is 5.32 Å². The Bertz CT molecular complexity index is 353. The second-order valence-electron chi connectivity index (χ2n) is 6.11. The molecule has 0 aliphatic heterocycles. The molecule has 1 amide bonds. The summed E-state index contributed by atoms with van der Waals surface area (Å²) < 4.78 is 5.05. The Hall–Kier alpha value is -1.10. The van der Waals surface area contributed by atoms with Gasteiger partial charge in [-0.25, -0.2) is 0 Å². The summed E-state index contributed by atoms with van der Waals surface area (Å²) in [5.74, 6) is 0.0378. The number of hydrogen-bond donors (Lipinski definition) is 2. The number of carbonyl (C=O) groups is 2. The van der Waals surface area contributed by atoms with Gasteiger partial charge in [-0.2, -0.15) is 0 Å². The Balaban J connectivity index is 1.77. The molecule has 0 aromatic carbocycles. The number of ether oxygens (including phenoxy) is 1. The summed E-state index contributed by atoms with van der Waals surface area (Å²) in [5, 5.41) is 3.13. The molecule has 0 aromatic heterocycles. The molecule has 0 atom stereocenters. The maximum absolute atomic E-state index is 12.3. The van der Waals surface area contributed by atoms with Gasteiger partial charge in [0, 0.05) is 12.6 Å². The van der Waals surface area contributed by atoms with E-state index in [0.29, 0.717) is 13.2 Å². The van der Waals surface area contributed by atoms with Crippen molar-refractivity contribution in [2.75, 3.05) is 13.2 Å². The highest BCUT2D eigenvalue weighted by Crippen LogP contribution is 2.40. The number of nitrogens with one attached hydrogen (secondary N) is 1. The quantitative estimate of drug-likeness (QED) is 0.746. The largest absolute Gasteiger partial charge is 0.466 e. The van der Waals surface area contributed by atoms with E-state index in [9.17, 15) is 9.59 Å². The molecule has 0 bridgehead atoms. The van der Waals surface area contributed by atoms with Crippen molar-refractivity contribution in [3.8, 4) is 0 Å². The minimum Gasteiger partial charge on any atom is -0.466 e. The van der Waals surface area contributed by atoms with Gasteiger partial charge in [0.15, 0.2) is 0 Å². The summed E-state index contributed by atoms with van der Waals surface area (Å²) in [7, 11) is 0. The van der Waals surface area contributed by atoms with E-state index in [0.717, 1.165) is 44.9 Å². The van der Waals surface area contributed by atoms with Crippen LogP contribution in [0.2, 0.25) is 0 Å². The summed E-state index contributed by atoms with van der Waals surface area (Å²) >= 11 is 0. The molecule has 2 saturated carbocycles. The second-order valence-corrected chi connectivity index (χ2v) is 6.11. The van der Waals surface area contributed by atoms with E-state index in [-0.39, 0.29) is 29.3 Å². The van der Waals surface area contributed by atoms with E-state index in [1.165, 1.54) is 0 Å². The number of rotatable bonds is 5. The minimum atomic E-state index is -0.308. The van der Waals surface area contributed by atoms with Crippen LogP contribution in [0, 0.1) is 11.3 Å². The maximum atomic E-state index is 12.3. The fourth-order valence-electron chi connectivity index (χ4n) is 3.20. The lowest BCUT2D eigenvalue weighted by Gasteiger charge is -2.40. The fraction of sp³-hybridized carbons (Fsp3) is 0.867. The number of hydrogen-bond acceptors (Lipinski definition) is 4. The highest BCUT2D eigenvalue weighted by molar-refractivity contribution is 5.84. The predicted octanol–water partition coefficient (Wildman–Crippen LogP) is 1.35. The molecule has 0 spiro atoms. The molecule has 2 rings (SSSR count). The molecule has 2 fully saturated rings. The van der Waals surface area contributed by atoms with E-state index >= 15 is 0 Å². The number of amides is 1. The topological polar surface area (TPSA) is 81.4 Å². The SMILES string of the molecule is CCOC(=O)C1CCC(NC(=O)C2(CN)CCC2)CC1. The Morgan fingerprint density at radius 2 is 1.90 bits per heavy atom. The Morgan fingerprint density at radius 3 is 2.35 bits per heavy atom. The van der Waals surface area contributed by atoms with E-state index in [2.05, 4.69) is 5.32 Å². The molecule has 5 nitrogen and oxygen atoms in total. The van der Waals surface area contributed by atoms with Crippen molar-refractivity contribution in [2.24, 2.45) is 17.1 Å². The third-order valence-electron chi connectivity index (χ3n) is 4.87. The van der Waals surface area contributed by atoms with E-state index < -0.39 is 0 Å². The molecule has 2 aliphatic carbocycles. The summed E-state index contributed by atoms with van der Waals surface area (Å²) in [6.45, 7) is 2.71. The zero-order valence-corrected chi connectivity index (χ0v) is 12.3. The molecule has 0 aromatic rings. The van der Waals surface area contributed by atoms with Crippen molar-refractivity contribution >= 4 is 11.9 Å². The number of nitrogens with two attached hydrogens (primary N) is 1.